The van der Waals surface area contributed by atoms with Gasteiger partial charge in [-0.25, -0.2) is 9.67 Å². The number of likely N-dealkylation sites (tertiary alicyclic amines) is 1. The maximum atomic E-state index is 12.8. The highest BCUT2D eigenvalue weighted by Gasteiger charge is 2.32. The zero-order valence-corrected chi connectivity index (χ0v) is 16.8. The van der Waals surface area contributed by atoms with Crippen LogP contribution in [0.2, 0.25) is 0 Å². The summed E-state index contributed by atoms with van der Waals surface area (Å²) in [6, 6.07) is 16.7. The van der Waals surface area contributed by atoms with Gasteiger partial charge in [0.25, 0.3) is 5.91 Å². The molecule has 1 aliphatic carbocycles. The van der Waals surface area contributed by atoms with E-state index in [1.54, 1.807) is 28.9 Å². The van der Waals surface area contributed by atoms with Gasteiger partial charge in [0.1, 0.15) is 5.82 Å². The fraction of sp³-hybridized carbons (Fsp3) is 0.261. The third-order valence-corrected chi connectivity index (χ3v) is 5.49. The number of carbonyl (C=O) groups excluding carboxylic acids is 3. The van der Waals surface area contributed by atoms with Crippen molar-refractivity contribution in [3.63, 3.8) is 0 Å². The molecule has 2 aliphatic rings. The topological polar surface area (TPSA) is 97.2 Å². The first kappa shape index (κ1) is 19.2. The molecule has 8 heteroatoms. The van der Waals surface area contributed by atoms with E-state index in [0.717, 1.165) is 29.9 Å². The third-order valence-electron chi connectivity index (χ3n) is 5.49. The second-order valence-electron chi connectivity index (χ2n) is 7.84. The average Bonchev–Trinajstić information content (AvgIpc) is 3.46. The average molecular weight is 415 g/mol. The lowest BCUT2D eigenvalue weighted by Gasteiger charge is -2.14. The van der Waals surface area contributed by atoms with E-state index >= 15 is 0 Å². The Morgan fingerprint density at radius 1 is 0.968 bits per heavy atom. The smallest absolute Gasteiger partial charge is 0.295 e. The van der Waals surface area contributed by atoms with E-state index < -0.39 is 0 Å². The number of benzene rings is 2. The molecule has 31 heavy (non-hydrogen) atoms. The maximum Gasteiger partial charge on any atom is 0.295 e. The molecule has 0 radical (unpaired) electrons. The van der Waals surface area contributed by atoms with Crippen molar-refractivity contribution in [3.8, 4) is 5.69 Å². The lowest BCUT2D eigenvalue weighted by atomic mass is 10.2. The van der Waals surface area contributed by atoms with Gasteiger partial charge in [-0.3, -0.25) is 19.3 Å². The first-order chi connectivity index (χ1) is 15.1. The molecule has 5 rings (SSSR count). The number of nitrogens with one attached hydrogen (secondary N) is 1. The summed E-state index contributed by atoms with van der Waals surface area (Å²) >= 11 is 0. The Hall–Kier alpha value is -3.81. The largest absolute Gasteiger partial charge is 0.319 e. The van der Waals surface area contributed by atoms with Crippen LogP contribution in [0.3, 0.4) is 0 Å². The number of rotatable bonds is 6. The number of hydrogen-bond acceptors (Lipinski definition) is 5. The highest BCUT2D eigenvalue weighted by molar-refractivity contribution is 6.02. The van der Waals surface area contributed by atoms with Crippen LogP contribution < -0.4 is 5.32 Å². The van der Waals surface area contributed by atoms with Crippen molar-refractivity contribution in [1.29, 1.82) is 0 Å². The monoisotopic (exact) mass is 415 g/mol. The van der Waals surface area contributed by atoms with Gasteiger partial charge in [-0.1, -0.05) is 30.3 Å². The Labute approximate surface area is 178 Å². The minimum Gasteiger partial charge on any atom is -0.319 e. The van der Waals surface area contributed by atoms with Gasteiger partial charge in [-0.05, 0) is 42.7 Å². The Bertz CT molecular complexity index is 1130. The van der Waals surface area contributed by atoms with E-state index in [9.17, 15) is 14.4 Å². The van der Waals surface area contributed by atoms with Crippen LogP contribution >= 0.6 is 0 Å². The molecule has 8 nitrogen and oxygen atoms in total. The molecule has 156 valence electrons. The molecule has 1 N–H and O–H groups in total. The molecule has 0 atom stereocenters. The molecule has 2 fully saturated rings. The summed E-state index contributed by atoms with van der Waals surface area (Å²) in [5.74, 6) is 0.608. The number of nitrogens with zero attached hydrogens (tertiary/aromatic N) is 4. The highest BCUT2D eigenvalue weighted by Crippen LogP contribution is 2.39. The summed E-state index contributed by atoms with van der Waals surface area (Å²) in [4.78, 5) is 42.1. The SMILES string of the molecule is O=C(Nc1ccc(CN2C(=O)CCC2=O)cc1)c1nc(C2CC2)n(-c2ccccc2)n1. The van der Waals surface area contributed by atoms with Gasteiger partial charge in [0.15, 0.2) is 0 Å². The molecule has 0 unspecified atom stereocenters. The van der Waals surface area contributed by atoms with E-state index in [1.807, 2.05) is 30.3 Å². The zero-order chi connectivity index (χ0) is 21.4. The van der Waals surface area contributed by atoms with Gasteiger partial charge < -0.3 is 5.32 Å². The maximum absolute atomic E-state index is 12.8. The van der Waals surface area contributed by atoms with Gasteiger partial charge in [0.05, 0.1) is 12.2 Å². The third kappa shape index (κ3) is 3.96. The van der Waals surface area contributed by atoms with Gasteiger partial charge in [0.2, 0.25) is 17.6 Å². The Kier molecular flexibility index (Phi) is 4.82. The molecule has 1 aromatic heterocycles. The molecule has 2 heterocycles. The molecular weight excluding hydrogens is 394 g/mol. The van der Waals surface area contributed by atoms with Gasteiger partial charge >= 0.3 is 0 Å². The first-order valence-electron chi connectivity index (χ1n) is 10.3. The molecule has 1 aliphatic heterocycles. The van der Waals surface area contributed by atoms with Crippen molar-refractivity contribution in [3.05, 3.63) is 71.8 Å². The number of imide groups is 1. The molecule has 0 bridgehead atoms. The van der Waals surface area contributed by atoms with E-state index in [4.69, 9.17) is 0 Å². The van der Waals surface area contributed by atoms with E-state index in [-0.39, 0.29) is 42.9 Å². The number of hydrogen-bond donors (Lipinski definition) is 1. The Morgan fingerprint density at radius 3 is 2.29 bits per heavy atom. The number of carbonyl (C=O) groups is 3. The number of para-hydroxylation sites is 1. The van der Waals surface area contributed by atoms with Crippen LogP contribution in [0.4, 0.5) is 5.69 Å². The fourth-order valence-corrected chi connectivity index (χ4v) is 3.65. The van der Waals surface area contributed by atoms with Crippen LogP contribution in [0.15, 0.2) is 54.6 Å². The van der Waals surface area contributed by atoms with Gasteiger partial charge in [-0.2, -0.15) is 0 Å². The van der Waals surface area contributed by atoms with Crippen LogP contribution in [0, 0.1) is 0 Å². The van der Waals surface area contributed by atoms with Crippen molar-refractivity contribution < 1.29 is 14.4 Å². The van der Waals surface area contributed by atoms with Crippen molar-refractivity contribution >= 4 is 23.4 Å². The molecule has 2 aromatic carbocycles. The van der Waals surface area contributed by atoms with E-state index in [0.29, 0.717) is 11.6 Å². The Balaban J connectivity index is 1.30. The van der Waals surface area contributed by atoms with Crippen molar-refractivity contribution in [2.24, 2.45) is 0 Å². The molecule has 1 saturated carbocycles. The van der Waals surface area contributed by atoms with Crippen molar-refractivity contribution in [2.75, 3.05) is 5.32 Å². The predicted octanol–water partition coefficient (Wildman–Crippen LogP) is 3.05. The summed E-state index contributed by atoms with van der Waals surface area (Å²) in [5, 5.41) is 7.28. The van der Waals surface area contributed by atoms with E-state index in [2.05, 4.69) is 15.4 Å². The fourth-order valence-electron chi connectivity index (χ4n) is 3.65. The van der Waals surface area contributed by atoms with Crippen LogP contribution in [0.25, 0.3) is 5.69 Å². The highest BCUT2D eigenvalue weighted by atomic mass is 16.2. The van der Waals surface area contributed by atoms with Gasteiger partial charge in [-0.15, -0.1) is 5.10 Å². The summed E-state index contributed by atoms with van der Waals surface area (Å²) in [5.41, 5.74) is 2.30. The molecule has 3 amide bonds. The van der Waals surface area contributed by atoms with Crippen LogP contribution in [0.1, 0.15) is 53.6 Å². The van der Waals surface area contributed by atoms with Crippen LogP contribution in [-0.4, -0.2) is 37.4 Å². The predicted molar refractivity (Wildman–Crippen MR) is 113 cm³/mol. The Morgan fingerprint density at radius 2 is 1.65 bits per heavy atom. The first-order valence-corrected chi connectivity index (χ1v) is 10.3. The normalized spacial score (nSPS) is 16.1. The minimum atomic E-state index is -0.380. The number of anilines is 1. The quantitative estimate of drug-likeness (QED) is 0.624. The second kappa shape index (κ2) is 7.79. The van der Waals surface area contributed by atoms with E-state index in [1.165, 1.54) is 4.90 Å². The molecule has 0 spiro atoms. The summed E-state index contributed by atoms with van der Waals surface area (Å²) in [7, 11) is 0. The lowest BCUT2D eigenvalue weighted by Crippen LogP contribution is -2.28. The van der Waals surface area contributed by atoms with Crippen molar-refractivity contribution in [2.45, 2.75) is 38.1 Å². The summed E-state index contributed by atoms with van der Waals surface area (Å²) in [6.45, 7) is 0.250. The minimum absolute atomic E-state index is 0.128. The summed E-state index contributed by atoms with van der Waals surface area (Å²) < 4.78 is 1.75. The number of amides is 3. The lowest BCUT2D eigenvalue weighted by molar-refractivity contribution is -0.139. The standard InChI is InChI=1S/C23H21N5O3/c29-19-12-13-20(30)27(19)14-15-6-10-17(11-7-15)24-23(31)21-25-22(16-8-9-16)28(26-21)18-4-2-1-3-5-18/h1-7,10-11,16H,8-9,12-14H2,(H,24,31). The summed E-state index contributed by atoms with van der Waals surface area (Å²) in [6.07, 6.45) is 2.66. The molecule has 1 saturated heterocycles. The van der Waals surface area contributed by atoms with Crippen LogP contribution in [-0.2, 0) is 16.1 Å². The molecular formula is C23H21N5O3. The number of aromatic nitrogens is 3. The second-order valence-corrected chi connectivity index (χ2v) is 7.84. The zero-order valence-electron chi connectivity index (χ0n) is 16.8. The van der Waals surface area contributed by atoms with Gasteiger partial charge in [0, 0.05) is 24.4 Å². The van der Waals surface area contributed by atoms with Crippen LogP contribution in [0.5, 0.6) is 0 Å². The molecule has 3 aromatic rings. The van der Waals surface area contributed by atoms with Crippen molar-refractivity contribution in [1.82, 2.24) is 19.7 Å².